The second-order valence-electron chi connectivity index (χ2n) is 15.0. The van der Waals surface area contributed by atoms with Crippen LogP contribution in [0.15, 0.2) is 48.8 Å². The Labute approximate surface area is 263 Å². The molecule has 2 heterocycles. The fraction of sp³-hybridized carbons (Fsp3) is 0.618. The van der Waals surface area contributed by atoms with E-state index in [1.54, 1.807) is 30.6 Å². The Bertz CT molecular complexity index is 1390. The summed E-state index contributed by atoms with van der Waals surface area (Å²) in [7, 11) is 0. The third-order valence-electron chi connectivity index (χ3n) is 11.2. The summed E-state index contributed by atoms with van der Waals surface area (Å²) in [5.74, 6) is 1.94. The van der Waals surface area contributed by atoms with Crippen molar-refractivity contribution in [1.82, 2.24) is 25.9 Å². The first-order valence-electron chi connectivity index (χ1n) is 16.1. The average molecular weight is 620 g/mol. The molecule has 234 valence electrons. The molecule has 2 aromatic heterocycles. The molecule has 8 aliphatic rings. The molecule has 8 bridgehead atoms. The van der Waals surface area contributed by atoms with E-state index in [1.807, 2.05) is 18.2 Å². The molecule has 4 atom stereocenters. The van der Waals surface area contributed by atoms with Crippen molar-refractivity contribution in [1.29, 1.82) is 0 Å². The molecule has 10 rings (SSSR count). The lowest BCUT2D eigenvalue weighted by molar-refractivity contribution is -0.139. The molecule has 4 unspecified atom stereocenters. The monoisotopic (exact) mass is 619 g/mol. The zero-order valence-electron chi connectivity index (χ0n) is 25.1. The average Bonchev–Trinajstić information content (AvgIpc) is 2.95. The van der Waals surface area contributed by atoms with Gasteiger partial charge in [-0.25, -0.2) is 0 Å². The van der Waals surface area contributed by atoms with Crippen molar-refractivity contribution in [3.63, 3.8) is 0 Å². The van der Waals surface area contributed by atoms with Gasteiger partial charge in [0.15, 0.2) is 0 Å². The van der Waals surface area contributed by atoms with Gasteiger partial charge in [0, 0.05) is 29.0 Å². The summed E-state index contributed by atoms with van der Waals surface area (Å²) in [5.41, 5.74) is -0.247. The molecule has 2 aromatic rings. The molecule has 9 nitrogen and oxygen atoms in total. The third kappa shape index (κ3) is 5.85. The van der Waals surface area contributed by atoms with Gasteiger partial charge in [0.1, 0.15) is 17.3 Å². The van der Waals surface area contributed by atoms with Crippen LogP contribution in [0.5, 0.6) is 0 Å². The highest BCUT2D eigenvalue weighted by Crippen LogP contribution is 2.58. The quantitative estimate of drug-likeness (QED) is 0.359. The molecule has 10 heteroatoms. The number of aromatic nitrogens is 2. The number of carbonyl (C=O) groups is 3. The first-order chi connectivity index (χ1) is 21.1. The Balaban J connectivity index is 0.000000144. The molecular formula is C34H42ClN5O4. The highest BCUT2D eigenvalue weighted by Gasteiger charge is 2.59. The number of nitrogens with one attached hydrogen (secondary N) is 3. The summed E-state index contributed by atoms with van der Waals surface area (Å²) < 4.78 is 0. The van der Waals surface area contributed by atoms with Gasteiger partial charge < -0.3 is 21.1 Å². The maximum absolute atomic E-state index is 12.6. The predicted octanol–water partition coefficient (Wildman–Crippen LogP) is 4.15. The van der Waals surface area contributed by atoms with E-state index in [9.17, 15) is 19.5 Å². The van der Waals surface area contributed by atoms with Crippen molar-refractivity contribution in [2.75, 3.05) is 5.88 Å². The fourth-order valence-corrected chi connectivity index (χ4v) is 10.9. The minimum absolute atomic E-state index is 0.00955. The van der Waals surface area contributed by atoms with Crippen molar-refractivity contribution in [2.45, 2.75) is 99.3 Å². The molecule has 3 amide bonds. The molecule has 4 N–H and O–H groups in total. The maximum atomic E-state index is 12.6. The van der Waals surface area contributed by atoms with Crippen LogP contribution < -0.4 is 16.0 Å². The number of alkyl halides is 1. The van der Waals surface area contributed by atoms with E-state index in [2.05, 4.69) is 25.9 Å². The molecular weight excluding hydrogens is 578 g/mol. The van der Waals surface area contributed by atoms with Crippen LogP contribution in [0.2, 0.25) is 0 Å². The Kier molecular flexibility index (Phi) is 7.47. The lowest BCUT2D eigenvalue weighted by Crippen LogP contribution is -2.70. The zero-order valence-corrected chi connectivity index (χ0v) is 25.8. The van der Waals surface area contributed by atoms with Crippen LogP contribution in [0.1, 0.15) is 98.0 Å². The number of carbonyl (C=O) groups excluding carboxylic acids is 3. The van der Waals surface area contributed by atoms with Crippen LogP contribution in [0.3, 0.4) is 0 Å². The molecule has 0 spiro atoms. The summed E-state index contributed by atoms with van der Waals surface area (Å²) >= 11 is 5.70. The summed E-state index contributed by atoms with van der Waals surface area (Å²) in [4.78, 5) is 45.2. The van der Waals surface area contributed by atoms with Crippen molar-refractivity contribution in [3.05, 3.63) is 60.2 Å². The largest absolute Gasteiger partial charge is 0.390 e. The Morgan fingerprint density at radius 2 is 1.11 bits per heavy atom. The van der Waals surface area contributed by atoms with E-state index < -0.39 is 5.60 Å². The summed E-state index contributed by atoms with van der Waals surface area (Å²) in [6.45, 7) is 0. The van der Waals surface area contributed by atoms with E-state index in [-0.39, 0.29) is 40.2 Å². The van der Waals surface area contributed by atoms with Crippen LogP contribution in [0.25, 0.3) is 0 Å². The SMILES string of the molecule is O=C(CCl)NC12CC3CC(C1)CC(NC(=O)c1ccccn1)(C3)C2.O=C(NC12CC3CC(CC(O)(C3)C1)C2)c1ccccn1. The van der Waals surface area contributed by atoms with Crippen LogP contribution in [0, 0.1) is 23.7 Å². The number of nitrogens with zero attached hydrogens (tertiary/aromatic N) is 2. The van der Waals surface area contributed by atoms with Crippen molar-refractivity contribution in [3.8, 4) is 0 Å². The number of amides is 3. The molecule has 8 fully saturated rings. The first kappa shape index (κ1) is 29.7. The number of rotatable bonds is 6. The van der Waals surface area contributed by atoms with Gasteiger partial charge in [-0.05, 0) is 125 Å². The van der Waals surface area contributed by atoms with E-state index in [0.717, 1.165) is 57.8 Å². The zero-order chi connectivity index (χ0) is 30.6. The van der Waals surface area contributed by atoms with E-state index >= 15 is 0 Å². The molecule has 0 radical (unpaired) electrons. The smallest absolute Gasteiger partial charge is 0.270 e. The van der Waals surface area contributed by atoms with Gasteiger partial charge in [0.05, 0.1) is 5.60 Å². The van der Waals surface area contributed by atoms with Crippen LogP contribution in [-0.2, 0) is 4.79 Å². The van der Waals surface area contributed by atoms with Crippen molar-refractivity contribution in [2.24, 2.45) is 23.7 Å². The standard InChI is InChI=1S/C18H22ClN3O2.C16H20N2O2/c19-10-15(23)21-17-6-12-5-13(7-17)9-18(8-12,11-17)22-16(24)14-3-1-2-4-20-14;19-14(13-3-1-2-4-17-13)18-15-6-11-5-12(7-15)9-16(20,8-11)10-15/h1-4,12-13H,5-11H2,(H,21,23)(H,22,24);1-4,11-12,20H,5-10H2,(H,18,19). The summed E-state index contributed by atoms with van der Waals surface area (Å²) in [6, 6.07) is 10.7. The van der Waals surface area contributed by atoms with E-state index in [0.29, 0.717) is 41.5 Å². The number of hydrogen-bond donors (Lipinski definition) is 4. The van der Waals surface area contributed by atoms with Crippen molar-refractivity contribution < 1.29 is 19.5 Å². The lowest BCUT2D eigenvalue weighted by atomic mass is 9.50. The maximum Gasteiger partial charge on any atom is 0.270 e. The van der Waals surface area contributed by atoms with Gasteiger partial charge >= 0.3 is 0 Å². The second kappa shape index (κ2) is 11.1. The predicted molar refractivity (Wildman–Crippen MR) is 165 cm³/mol. The lowest BCUT2D eigenvalue weighted by Gasteiger charge is -2.62. The third-order valence-corrected chi connectivity index (χ3v) is 11.4. The number of pyridine rings is 2. The summed E-state index contributed by atoms with van der Waals surface area (Å²) in [5, 5.41) is 20.3. The Morgan fingerprint density at radius 1 is 0.682 bits per heavy atom. The number of halogens is 1. The number of aliphatic hydroxyl groups is 1. The fourth-order valence-electron chi connectivity index (χ4n) is 10.8. The Hall–Kier alpha value is -3.04. The molecule has 8 saturated carbocycles. The first-order valence-corrected chi connectivity index (χ1v) is 16.7. The minimum Gasteiger partial charge on any atom is -0.390 e. The van der Waals surface area contributed by atoms with Crippen molar-refractivity contribution >= 4 is 29.3 Å². The Morgan fingerprint density at radius 3 is 1.52 bits per heavy atom. The molecule has 8 aliphatic carbocycles. The van der Waals surface area contributed by atoms with Gasteiger partial charge in [-0.1, -0.05) is 12.1 Å². The minimum atomic E-state index is -0.540. The topological polar surface area (TPSA) is 133 Å². The molecule has 0 saturated heterocycles. The van der Waals surface area contributed by atoms with E-state index in [1.165, 1.54) is 12.8 Å². The molecule has 0 aromatic carbocycles. The van der Waals surface area contributed by atoms with Gasteiger partial charge in [-0.2, -0.15) is 0 Å². The normalized spacial score (nSPS) is 38.8. The molecule has 44 heavy (non-hydrogen) atoms. The second-order valence-corrected chi connectivity index (χ2v) is 15.3. The van der Waals surface area contributed by atoms with Gasteiger partial charge in [0.2, 0.25) is 5.91 Å². The molecule has 0 aliphatic heterocycles. The van der Waals surface area contributed by atoms with Crippen LogP contribution in [0.4, 0.5) is 0 Å². The van der Waals surface area contributed by atoms with Crippen LogP contribution >= 0.6 is 11.6 Å². The highest BCUT2D eigenvalue weighted by atomic mass is 35.5. The number of hydrogen-bond acceptors (Lipinski definition) is 6. The van der Waals surface area contributed by atoms with Crippen LogP contribution in [-0.4, -0.2) is 60.9 Å². The van der Waals surface area contributed by atoms with Gasteiger partial charge in [-0.3, -0.25) is 24.4 Å². The van der Waals surface area contributed by atoms with Gasteiger partial charge in [0.25, 0.3) is 11.8 Å². The van der Waals surface area contributed by atoms with Gasteiger partial charge in [-0.15, -0.1) is 11.6 Å². The van der Waals surface area contributed by atoms with E-state index in [4.69, 9.17) is 11.6 Å². The highest BCUT2D eigenvalue weighted by molar-refractivity contribution is 6.27. The summed E-state index contributed by atoms with van der Waals surface area (Å²) in [6.07, 6.45) is 15.1.